The van der Waals surface area contributed by atoms with Crippen LogP contribution < -0.4 is 0 Å². The predicted molar refractivity (Wildman–Crippen MR) is 60.8 cm³/mol. The van der Waals surface area contributed by atoms with E-state index in [-0.39, 0.29) is 0 Å². The Labute approximate surface area is 93.3 Å². The number of halogens is 2. The smallest absolute Gasteiger partial charge is 0.146 e. The largest absolute Gasteiger partial charge is 0.298 e. The van der Waals surface area contributed by atoms with E-state index in [1.165, 1.54) is 0 Å². The van der Waals surface area contributed by atoms with Gasteiger partial charge in [0.25, 0.3) is 0 Å². The van der Waals surface area contributed by atoms with Crippen LogP contribution in [0.1, 0.15) is 18.9 Å². The molecule has 0 aromatic heterocycles. The molecule has 0 heterocycles. The number of aldehydes is 1. The molecule has 0 bridgehead atoms. The van der Waals surface area contributed by atoms with Gasteiger partial charge in [0.1, 0.15) is 6.29 Å². The first-order chi connectivity index (χ1) is 6.65. The highest BCUT2D eigenvalue weighted by atomic mass is 35.5. The minimum Gasteiger partial charge on any atom is -0.298 e. The zero-order chi connectivity index (χ0) is 10.6. The van der Waals surface area contributed by atoms with E-state index in [0.29, 0.717) is 16.5 Å². The lowest BCUT2D eigenvalue weighted by Gasteiger charge is -1.98. The Balaban J connectivity index is 3.07. The highest BCUT2D eigenvalue weighted by Gasteiger charge is 1.97. The van der Waals surface area contributed by atoms with Crippen molar-refractivity contribution in [2.24, 2.45) is 0 Å². The van der Waals surface area contributed by atoms with E-state index in [1.54, 1.807) is 24.3 Å². The molecule has 0 unspecified atom stereocenters. The summed E-state index contributed by atoms with van der Waals surface area (Å²) in [5, 5.41) is 1.15. The van der Waals surface area contributed by atoms with Crippen molar-refractivity contribution in [3.8, 4) is 0 Å². The van der Waals surface area contributed by atoms with E-state index >= 15 is 0 Å². The average molecular weight is 229 g/mol. The maximum absolute atomic E-state index is 10.6. The van der Waals surface area contributed by atoms with Gasteiger partial charge in [-0.15, -0.1) is 0 Å². The third-order valence-corrected chi connectivity index (χ3v) is 2.23. The number of allylic oxidation sites excluding steroid dienone is 1. The zero-order valence-electron chi connectivity index (χ0n) is 7.76. The van der Waals surface area contributed by atoms with E-state index in [1.807, 2.05) is 6.92 Å². The van der Waals surface area contributed by atoms with Gasteiger partial charge in [-0.25, -0.2) is 0 Å². The summed E-state index contributed by atoms with van der Waals surface area (Å²) >= 11 is 11.6. The molecule has 0 atom stereocenters. The SMILES string of the molecule is CCC(C=O)=Cc1cc(Cl)cc(Cl)c1. The van der Waals surface area contributed by atoms with Crippen molar-refractivity contribution in [1.82, 2.24) is 0 Å². The van der Waals surface area contributed by atoms with Crippen LogP contribution in [0.3, 0.4) is 0 Å². The maximum atomic E-state index is 10.6. The Morgan fingerprint density at radius 3 is 2.29 bits per heavy atom. The van der Waals surface area contributed by atoms with Crippen LogP contribution >= 0.6 is 23.2 Å². The van der Waals surface area contributed by atoms with Crippen LogP contribution in [0.4, 0.5) is 0 Å². The number of hydrogen-bond donors (Lipinski definition) is 0. The first kappa shape index (κ1) is 11.3. The van der Waals surface area contributed by atoms with Crippen molar-refractivity contribution in [3.05, 3.63) is 39.4 Å². The normalized spacial score (nSPS) is 11.5. The topological polar surface area (TPSA) is 17.1 Å². The Hall–Kier alpha value is -0.790. The van der Waals surface area contributed by atoms with Crippen molar-refractivity contribution in [2.45, 2.75) is 13.3 Å². The summed E-state index contributed by atoms with van der Waals surface area (Å²) in [6.45, 7) is 1.92. The summed E-state index contributed by atoms with van der Waals surface area (Å²) in [6.07, 6.45) is 3.33. The standard InChI is InChI=1S/C11H10Cl2O/c1-2-8(7-14)3-9-4-10(12)6-11(13)5-9/h3-7H,2H2,1H3. The minimum absolute atomic E-state index is 0.574. The molecule has 0 aliphatic heterocycles. The van der Waals surface area contributed by atoms with Crippen LogP contribution in [0.2, 0.25) is 10.0 Å². The third-order valence-electron chi connectivity index (χ3n) is 1.80. The molecule has 0 saturated heterocycles. The quantitative estimate of drug-likeness (QED) is 0.565. The van der Waals surface area contributed by atoms with Crippen LogP contribution in [-0.2, 0) is 4.79 Å². The zero-order valence-corrected chi connectivity index (χ0v) is 9.27. The first-order valence-corrected chi connectivity index (χ1v) is 5.03. The van der Waals surface area contributed by atoms with Crippen molar-refractivity contribution in [2.75, 3.05) is 0 Å². The maximum Gasteiger partial charge on any atom is 0.146 e. The van der Waals surface area contributed by atoms with Gasteiger partial charge in [-0.1, -0.05) is 30.1 Å². The molecule has 0 saturated carbocycles. The third kappa shape index (κ3) is 3.17. The predicted octanol–water partition coefficient (Wildman–Crippen LogP) is 3.99. The lowest BCUT2D eigenvalue weighted by Crippen LogP contribution is -1.82. The molecule has 0 aliphatic rings. The molecular formula is C11H10Cl2O. The summed E-state index contributed by atoms with van der Waals surface area (Å²) in [5.41, 5.74) is 1.58. The van der Waals surface area contributed by atoms with Gasteiger partial charge in [-0.2, -0.15) is 0 Å². The minimum atomic E-state index is 0.574. The second-order valence-corrected chi connectivity index (χ2v) is 3.77. The molecule has 0 fully saturated rings. The van der Waals surface area contributed by atoms with Crippen LogP contribution in [0.25, 0.3) is 6.08 Å². The van der Waals surface area contributed by atoms with Gasteiger partial charge in [-0.3, -0.25) is 4.79 Å². The van der Waals surface area contributed by atoms with Gasteiger partial charge in [0, 0.05) is 10.0 Å². The second kappa shape index (κ2) is 5.18. The Bertz CT molecular complexity index is 349. The van der Waals surface area contributed by atoms with Crippen molar-refractivity contribution in [3.63, 3.8) is 0 Å². The molecule has 14 heavy (non-hydrogen) atoms. The van der Waals surface area contributed by atoms with E-state index in [0.717, 1.165) is 17.4 Å². The fourth-order valence-electron chi connectivity index (χ4n) is 1.09. The molecule has 74 valence electrons. The summed E-state index contributed by atoms with van der Waals surface area (Å²) < 4.78 is 0. The lowest BCUT2D eigenvalue weighted by atomic mass is 10.1. The number of benzene rings is 1. The molecule has 1 aromatic carbocycles. The van der Waals surface area contributed by atoms with Crippen LogP contribution in [0, 0.1) is 0 Å². The van der Waals surface area contributed by atoms with E-state index in [4.69, 9.17) is 23.2 Å². The number of carbonyl (C=O) groups excluding carboxylic acids is 1. The Morgan fingerprint density at radius 2 is 1.86 bits per heavy atom. The molecular weight excluding hydrogens is 219 g/mol. The van der Waals surface area contributed by atoms with Crippen LogP contribution in [0.15, 0.2) is 23.8 Å². The van der Waals surface area contributed by atoms with E-state index in [2.05, 4.69) is 0 Å². The van der Waals surface area contributed by atoms with Crippen LogP contribution in [-0.4, -0.2) is 6.29 Å². The van der Waals surface area contributed by atoms with Crippen LogP contribution in [0.5, 0.6) is 0 Å². The molecule has 0 amide bonds. The molecule has 1 nitrogen and oxygen atoms in total. The number of rotatable bonds is 3. The highest BCUT2D eigenvalue weighted by Crippen LogP contribution is 2.20. The number of carbonyl (C=O) groups is 1. The monoisotopic (exact) mass is 228 g/mol. The molecule has 0 aliphatic carbocycles. The lowest BCUT2D eigenvalue weighted by molar-refractivity contribution is -0.104. The fourth-order valence-corrected chi connectivity index (χ4v) is 1.63. The average Bonchev–Trinajstić information content (AvgIpc) is 2.12. The Morgan fingerprint density at radius 1 is 1.29 bits per heavy atom. The molecule has 0 spiro atoms. The van der Waals surface area contributed by atoms with Gasteiger partial charge in [0.2, 0.25) is 0 Å². The molecule has 0 radical (unpaired) electrons. The van der Waals surface area contributed by atoms with E-state index in [9.17, 15) is 4.79 Å². The Kier molecular flexibility index (Phi) is 4.18. The first-order valence-electron chi connectivity index (χ1n) is 4.27. The van der Waals surface area contributed by atoms with Gasteiger partial charge in [0.15, 0.2) is 0 Å². The summed E-state index contributed by atoms with van der Waals surface area (Å²) in [6, 6.07) is 5.20. The van der Waals surface area contributed by atoms with Crippen molar-refractivity contribution in [1.29, 1.82) is 0 Å². The number of hydrogen-bond acceptors (Lipinski definition) is 1. The van der Waals surface area contributed by atoms with Crippen molar-refractivity contribution >= 4 is 35.6 Å². The fraction of sp³-hybridized carbons (Fsp3) is 0.182. The molecule has 1 aromatic rings. The molecule has 0 N–H and O–H groups in total. The highest BCUT2D eigenvalue weighted by molar-refractivity contribution is 6.34. The van der Waals surface area contributed by atoms with Gasteiger partial charge in [-0.05, 0) is 41.8 Å². The molecule has 3 heteroatoms. The molecule has 1 rings (SSSR count). The summed E-state index contributed by atoms with van der Waals surface area (Å²) in [5.74, 6) is 0. The van der Waals surface area contributed by atoms with Crippen molar-refractivity contribution < 1.29 is 4.79 Å². The van der Waals surface area contributed by atoms with E-state index < -0.39 is 0 Å². The summed E-state index contributed by atoms with van der Waals surface area (Å²) in [7, 11) is 0. The summed E-state index contributed by atoms with van der Waals surface area (Å²) in [4.78, 5) is 10.6. The van der Waals surface area contributed by atoms with Gasteiger partial charge in [0.05, 0.1) is 0 Å². The van der Waals surface area contributed by atoms with Gasteiger partial charge < -0.3 is 0 Å². The second-order valence-electron chi connectivity index (χ2n) is 2.89. The van der Waals surface area contributed by atoms with Gasteiger partial charge >= 0.3 is 0 Å².